The summed E-state index contributed by atoms with van der Waals surface area (Å²) in [6.07, 6.45) is 2.21. The Kier molecular flexibility index (Phi) is 4.33. The van der Waals surface area contributed by atoms with Gasteiger partial charge < -0.3 is 9.88 Å². The molecule has 0 radical (unpaired) electrons. The van der Waals surface area contributed by atoms with Gasteiger partial charge in [0, 0.05) is 34.0 Å². The van der Waals surface area contributed by atoms with Gasteiger partial charge in [-0.25, -0.2) is 0 Å². The lowest BCUT2D eigenvalue weighted by Gasteiger charge is -2.35. The van der Waals surface area contributed by atoms with E-state index in [1.165, 1.54) is 15.3 Å². The summed E-state index contributed by atoms with van der Waals surface area (Å²) in [5, 5.41) is 4.19. The monoisotopic (exact) mass is 424 g/mol. The molecule has 4 heterocycles. The molecule has 29 heavy (non-hydrogen) atoms. The Morgan fingerprint density at radius 2 is 2.03 bits per heavy atom. The van der Waals surface area contributed by atoms with Gasteiger partial charge in [0.05, 0.1) is 6.04 Å². The molecule has 150 valence electrons. The highest BCUT2D eigenvalue weighted by molar-refractivity contribution is 7.10. The molecule has 0 spiro atoms. The molecule has 1 aliphatic heterocycles. The van der Waals surface area contributed by atoms with Crippen LogP contribution in [0.15, 0.2) is 29.0 Å². The van der Waals surface area contributed by atoms with Crippen LogP contribution in [0.4, 0.5) is 0 Å². The third-order valence-corrected chi connectivity index (χ3v) is 8.08. The van der Waals surface area contributed by atoms with Gasteiger partial charge in [-0.05, 0) is 59.2 Å². The lowest BCUT2D eigenvalue weighted by molar-refractivity contribution is 0.0692. The summed E-state index contributed by atoms with van der Waals surface area (Å²) in [6.45, 7) is 6.83. The molecule has 0 fully saturated rings. The average molecular weight is 425 g/mol. The second-order valence-electron chi connectivity index (χ2n) is 8.89. The van der Waals surface area contributed by atoms with Crippen molar-refractivity contribution in [2.45, 2.75) is 46.1 Å². The van der Waals surface area contributed by atoms with E-state index in [0.717, 1.165) is 29.7 Å². The Morgan fingerprint density at radius 1 is 1.21 bits per heavy atom. The standard InChI is InChI=1S/C23H24N2O2S2/c1-13-19-15(11-23(2,3)12-16(19)26)24-20(13)22(27)25-8-6-17-14(7-10-29-17)21(25)18-5-4-9-28-18/h4-5,7,9-10,21,24H,6,8,11-12H2,1-3H3/t21-/m1/s1. The van der Waals surface area contributed by atoms with E-state index in [1.54, 1.807) is 22.7 Å². The van der Waals surface area contributed by atoms with Gasteiger partial charge in [0.25, 0.3) is 5.91 Å². The quantitative estimate of drug-likeness (QED) is 0.600. The van der Waals surface area contributed by atoms with Crippen LogP contribution < -0.4 is 0 Å². The summed E-state index contributed by atoms with van der Waals surface area (Å²) in [6, 6.07) is 6.26. The maximum Gasteiger partial charge on any atom is 0.271 e. The number of rotatable bonds is 2. The molecule has 1 N–H and O–H groups in total. The summed E-state index contributed by atoms with van der Waals surface area (Å²) in [5.41, 5.74) is 4.23. The molecule has 4 nitrogen and oxygen atoms in total. The van der Waals surface area contributed by atoms with E-state index in [1.807, 2.05) is 17.9 Å². The first-order valence-electron chi connectivity index (χ1n) is 10.0. The SMILES string of the molecule is Cc1c(C(=O)N2CCc3sccc3[C@@H]2c2cccs2)[nH]c2c1C(=O)CC(C)(C)C2. The van der Waals surface area contributed by atoms with Crippen LogP contribution in [-0.2, 0) is 12.8 Å². The predicted octanol–water partition coefficient (Wildman–Crippen LogP) is 5.39. The molecule has 3 aromatic heterocycles. The van der Waals surface area contributed by atoms with E-state index in [4.69, 9.17) is 0 Å². The number of hydrogen-bond acceptors (Lipinski definition) is 4. The fourth-order valence-corrected chi connectivity index (χ4v) is 6.64. The third-order valence-electron chi connectivity index (χ3n) is 6.15. The van der Waals surface area contributed by atoms with Crippen molar-refractivity contribution in [1.29, 1.82) is 0 Å². The van der Waals surface area contributed by atoms with Gasteiger partial charge >= 0.3 is 0 Å². The number of nitrogens with zero attached hydrogens (tertiary/aromatic N) is 1. The summed E-state index contributed by atoms with van der Waals surface area (Å²) < 4.78 is 0. The van der Waals surface area contributed by atoms with E-state index in [0.29, 0.717) is 18.7 Å². The molecule has 2 aliphatic rings. The van der Waals surface area contributed by atoms with Crippen LogP contribution in [0.1, 0.15) is 73.7 Å². The molecule has 0 saturated heterocycles. The molecule has 1 amide bonds. The Balaban J connectivity index is 1.57. The fraction of sp³-hybridized carbons (Fsp3) is 0.391. The number of carbonyl (C=O) groups is 2. The van der Waals surface area contributed by atoms with Crippen molar-refractivity contribution in [2.24, 2.45) is 5.41 Å². The number of hydrogen-bond donors (Lipinski definition) is 1. The van der Waals surface area contributed by atoms with Gasteiger partial charge in [-0.3, -0.25) is 9.59 Å². The first kappa shape index (κ1) is 18.8. The van der Waals surface area contributed by atoms with Gasteiger partial charge in [-0.2, -0.15) is 0 Å². The Hall–Kier alpha value is -2.18. The molecule has 3 aromatic rings. The molecule has 6 heteroatoms. The average Bonchev–Trinajstić information content (AvgIpc) is 3.39. The third kappa shape index (κ3) is 3.01. The molecule has 1 atom stereocenters. The Bertz CT molecular complexity index is 1100. The van der Waals surface area contributed by atoms with E-state index >= 15 is 0 Å². The summed E-state index contributed by atoms with van der Waals surface area (Å²) in [7, 11) is 0. The number of nitrogens with one attached hydrogen (secondary N) is 1. The number of fused-ring (bicyclic) bond motifs is 2. The first-order valence-corrected chi connectivity index (χ1v) is 11.8. The maximum absolute atomic E-state index is 13.7. The number of aromatic amines is 1. The topological polar surface area (TPSA) is 53.2 Å². The number of ketones is 1. The highest BCUT2D eigenvalue weighted by Crippen LogP contribution is 2.41. The second kappa shape index (κ2) is 6.67. The normalized spacial score (nSPS) is 20.4. The van der Waals surface area contributed by atoms with Crippen molar-refractivity contribution in [3.63, 3.8) is 0 Å². The van der Waals surface area contributed by atoms with E-state index in [9.17, 15) is 9.59 Å². The van der Waals surface area contributed by atoms with Crippen LogP contribution in [0.25, 0.3) is 0 Å². The van der Waals surface area contributed by atoms with Crippen molar-refractivity contribution in [1.82, 2.24) is 9.88 Å². The molecular formula is C23H24N2O2S2. The Labute approximate surface area is 178 Å². The van der Waals surface area contributed by atoms with Crippen molar-refractivity contribution < 1.29 is 9.59 Å². The van der Waals surface area contributed by atoms with Crippen molar-refractivity contribution >= 4 is 34.4 Å². The number of amides is 1. The number of aromatic nitrogens is 1. The van der Waals surface area contributed by atoms with E-state index in [2.05, 4.69) is 41.7 Å². The number of carbonyl (C=O) groups excluding carboxylic acids is 2. The first-order chi connectivity index (χ1) is 13.9. The van der Waals surface area contributed by atoms with Crippen molar-refractivity contribution in [2.75, 3.05) is 6.54 Å². The largest absolute Gasteiger partial charge is 0.354 e. The van der Waals surface area contributed by atoms with E-state index < -0.39 is 0 Å². The lowest BCUT2D eigenvalue weighted by Crippen LogP contribution is -2.40. The highest BCUT2D eigenvalue weighted by Gasteiger charge is 2.39. The zero-order chi connectivity index (χ0) is 20.3. The van der Waals surface area contributed by atoms with Crippen LogP contribution in [0.2, 0.25) is 0 Å². The van der Waals surface area contributed by atoms with Gasteiger partial charge in [-0.1, -0.05) is 19.9 Å². The summed E-state index contributed by atoms with van der Waals surface area (Å²) in [5.74, 6) is 0.148. The molecular weight excluding hydrogens is 400 g/mol. The zero-order valence-electron chi connectivity index (χ0n) is 16.9. The van der Waals surface area contributed by atoms with Crippen molar-refractivity contribution in [3.05, 3.63) is 66.8 Å². The number of thiophene rings is 2. The smallest absolute Gasteiger partial charge is 0.271 e. The van der Waals surface area contributed by atoms with Gasteiger partial charge in [0.2, 0.25) is 0 Å². The minimum Gasteiger partial charge on any atom is -0.354 e. The molecule has 0 saturated carbocycles. The molecule has 0 bridgehead atoms. The summed E-state index contributed by atoms with van der Waals surface area (Å²) in [4.78, 5) is 34.4. The van der Waals surface area contributed by atoms with Gasteiger partial charge in [0.1, 0.15) is 5.69 Å². The van der Waals surface area contributed by atoms with Gasteiger partial charge in [0.15, 0.2) is 5.78 Å². The van der Waals surface area contributed by atoms with Crippen molar-refractivity contribution in [3.8, 4) is 0 Å². The van der Waals surface area contributed by atoms with Crippen LogP contribution in [-0.4, -0.2) is 28.1 Å². The molecule has 0 unspecified atom stereocenters. The summed E-state index contributed by atoms with van der Waals surface area (Å²) >= 11 is 3.47. The van der Waals surface area contributed by atoms with Crippen LogP contribution in [0.3, 0.4) is 0 Å². The van der Waals surface area contributed by atoms with Crippen LogP contribution in [0.5, 0.6) is 0 Å². The minimum atomic E-state index is -0.0715. The molecule has 0 aromatic carbocycles. The van der Waals surface area contributed by atoms with Crippen LogP contribution >= 0.6 is 22.7 Å². The molecule has 1 aliphatic carbocycles. The fourth-order valence-electron chi connectivity index (χ4n) is 4.88. The minimum absolute atomic E-state index is 0.00208. The van der Waals surface area contributed by atoms with Gasteiger partial charge in [-0.15, -0.1) is 22.7 Å². The lowest BCUT2D eigenvalue weighted by atomic mass is 9.75. The number of Topliss-reactive ketones (excluding diaryl/α,β-unsaturated/α-hetero) is 1. The van der Waals surface area contributed by atoms with Crippen LogP contribution in [0, 0.1) is 12.3 Å². The van der Waals surface area contributed by atoms with E-state index in [-0.39, 0.29) is 23.1 Å². The Morgan fingerprint density at radius 3 is 2.79 bits per heavy atom. The molecule has 5 rings (SSSR count). The highest BCUT2D eigenvalue weighted by atomic mass is 32.1. The predicted molar refractivity (Wildman–Crippen MR) is 117 cm³/mol. The number of H-pyrrole nitrogens is 1. The maximum atomic E-state index is 13.7. The second-order valence-corrected chi connectivity index (χ2v) is 10.9. The zero-order valence-corrected chi connectivity index (χ0v) is 18.5.